The van der Waals surface area contributed by atoms with Crippen LogP contribution in [0.5, 0.6) is 11.5 Å². The van der Waals surface area contributed by atoms with Gasteiger partial charge in [-0.25, -0.2) is 0 Å². The number of hydrogen-bond donors (Lipinski definition) is 3. The van der Waals surface area contributed by atoms with E-state index in [-0.39, 0.29) is 28.2 Å². The van der Waals surface area contributed by atoms with Gasteiger partial charge in [-0.05, 0) is 26.1 Å². The molecule has 3 aromatic rings. The molecule has 0 unspecified atom stereocenters. The summed E-state index contributed by atoms with van der Waals surface area (Å²) in [4.78, 5) is 14.7. The molecule has 0 radical (unpaired) electrons. The van der Waals surface area contributed by atoms with Crippen LogP contribution in [0, 0.1) is 0 Å². The molecule has 0 saturated carbocycles. The topological polar surface area (TPSA) is 94.1 Å². The highest BCUT2D eigenvalue weighted by molar-refractivity contribution is 7.20. The van der Waals surface area contributed by atoms with Crippen molar-refractivity contribution in [3.05, 3.63) is 42.7 Å². The van der Waals surface area contributed by atoms with Crippen LogP contribution in [0.25, 0.3) is 22.3 Å². The number of thiophene rings is 1. The Labute approximate surface area is 174 Å². The molecule has 28 heavy (non-hydrogen) atoms. The van der Waals surface area contributed by atoms with Crippen molar-refractivity contribution in [2.24, 2.45) is 0 Å². The summed E-state index contributed by atoms with van der Waals surface area (Å²) >= 11 is 13.3. The number of fused-ring (bicyclic) bond motifs is 1. The van der Waals surface area contributed by atoms with Crippen molar-refractivity contribution in [2.75, 3.05) is 20.1 Å². The van der Waals surface area contributed by atoms with Crippen molar-refractivity contribution >= 4 is 45.5 Å². The lowest BCUT2D eigenvalue weighted by Gasteiger charge is -2.34. The first-order chi connectivity index (χ1) is 13.3. The van der Waals surface area contributed by atoms with E-state index in [4.69, 9.17) is 27.6 Å². The van der Waals surface area contributed by atoms with Gasteiger partial charge in [0.2, 0.25) is 0 Å². The van der Waals surface area contributed by atoms with Gasteiger partial charge in [-0.3, -0.25) is 4.79 Å². The van der Waals surface area contributed by atoms with Crippen molar-refractivity contribution < 1.29 is 19.7 Å². The van der Waals surface area contributed by atoms with Crippen LogP contribution in [0.4, 0.5) is 0 Å². The second-order valence-electron chi connectivity index (χ2n) is 6.97. The molecule has 0 aliphatic carbocycles. The second-order valence-corrected chi connectivity index (χ2v) is 9.26. The fraction of sp³-hybridized carbons (Fsp3) is 0.316. The normalized spacial score (nSPS) is 20.7. The summed E-state index contributed by atoms with van der Waals surface area (Å²) in [5.74, 6) is -0.875. The molecule has 4 rings (SSSR count). The molecule has 2 atom stereocenters. The van der Waals surface area contributed by atoms with Crippen LogP contribution in [0.1, 0.15) is 17.9 Å². The first-order valence-corrected chi connectivity index (χ1v) is 10.2. The SMILES string of the molecule is CN1CC[C@H](c2c(O)cc(O)c3c(=O)cc(-c4cc(Cl)sc4Cl)oc23)[C@H](O)C1. The van der Waals surface area contributed by atoms with E-state index in [1.165, 1.54) is 6.07 Å². The van der Waals surface area contributed by atoms with Crippen LogP contribution in [-0.4, -0.2) is 46.5 Å². The van der Waals surface area contributed by atoms with Crippen LogP contribution in [0.2, 0.25) is 8.67 Å². The van der Waals surface area contributed by atoms with E-state index in [0.717, 1.165) is 17.4 Å². The fourth-order valence-corrected chi connectivity index (χ4v) is 5.22. The van der Waals surface area contributed by atoms with Crippen molar-refractivity contribution in [3.8, 4) is 22.8 Å². The quantitative estimate of drug-likeness (QED) is 0.555. The smallest absolute Gasteiger partial charge is 0.197 e. The summed E-state index contributed by atoms with van der Waals surface area (Å²) in [5, 5.41) is 31.3. The van der Waals surface area contributed by atoms with Crippen LogP contribution in [0.15, 0.2) is 27.4 Å². The molecule has 0 spiro atoms. The average molecular weight is 442 g/mol. The van der Waals surface area contributed by atoms with Crippen molar-refractivity contribution in [1.82, 2.24) is 4.90 Å². The molecule has 1 aromatic carbocycles. The van der Waals surface area contributed by atoms with E-state index in [0.29, 0.717) is 39.3 Å². The van der Waals surface area contributed by atoms with Crippen molar-refractivity contribution in [2.45, 2.75) is 18.4 Å². The van der Waals surface area contributed by atoms with Gasteiger partial charge in [-0.15, -0.1) is 11.3 Å². The van der Waals surface area contributed by atoms with Gasteiger partial charge in [0, 0.05) is 35.7 Å². The molecule has 2 aromatic heterocycles. The van der Waals surface area contributed by atoms with Crippen LogP contribution in [-0.2, 0) is 0 Å². The molecule has 1 aliphatic heterocycles. The van der Waals surface area contributed by atoms with E-state index in [9.17, 15) is 20.1 Å². The van der Waals surface area contributed by atoms with Gasteiger partial charge >= 0.3 is 0 Å². The zero-order chi connectivity index (χ0) is 20.2. The average Bonchev–Trinajstić information content (AvgIpc) is 2.94. The highest BCUT2D eigenvalue weighted by Gasteiger charge is 2.33. The second kappa shape index (κ2) is 7.24. The zero-order valence-electron chi connectivity index (χ0n) is 14.8. The predicted octanol–water partition coefficient (Wildman–Crippen LogP) is 4.02. The summed E-state index contributed by atoms with van der Waals surface area (Å²) in [6, 6.07) is 3.94. The molecule has 3 heterocycles. The number of likely N-dealkylation sites (N-methyl/N-ethyl adjacent to an activating group) is 1. The lowest BCUT2D eigenvalue weighted by Crippen LogP contribution is -2.40. The van der Waals surface area contributed by atoms with E-state index >= 15 is 0 Å². The number of benzene rings is 1. The molecule has 1 saturated heterocycles. The molecular formula is C19H17Cl2NO5S. The largest absolute Gasteiger partial charge is 0.507 e. The lowest BCUT2D eigenvalue weighted by molar-refractivity contribution is 0.0631. The summed E-state index contributed by atoms with van der Waals surface area (Å²) in [7, 11) is 1.90. The molecule has 6 nitrogen and oxygen atoms in total. The Hall–Kier alpha value is -1.77. The number of β-amino-alcohol motifs (C(OH)–C–C–N with tert-alkyl or cyclic N) is 1. The van der Waals surface area contributed by atoms with Gasteiger partial charge in [-0.1, -0.05) is 23.2 Å². The van der Waals surface area contributed by atoms with E-state index in [1.54, 1.807) is 6.07 Å². The summed E-state index contributed by atoms with van der Waals surface area (Å²) in [6.45, 7) is 1.13. The van der Waals surface area contributed by atoms with Crippen LogP contribution >= 0.6 is 34.5 Å². The monoisotopic (exact) mass is 441 g/mol. The number of nitrogens with zero attached hydrogens (tertiary/aromatic N) is 1. The number of hydrogen-bond acceptors (Lipinski definition) is 7. The predicted molar refractivity (Wildman–Crippen MR) is 110 cm³/mol. The Morgan fingerprint density at radius 3 is 2.61 bits per heavy atom. The maximum Gasteiger partial charge on any atom is 0.197 e. The fourth-order valence-electron chi connectivity index (χ4n) is 3.75. The van der Waals surface area contributed by atoms with Crippen molar-refractivity contribution in [3.63, 3.8) is 0 Å². The molecular weight excluding hydrogens is 425 g/mol. The summed E-state index contributed by atoms with van der Waals surface area (Å²) in [5.41, 5.74) is 0.334. The third kappa shape index (κ3) is 3.27. The Morgan fingerprint density at radius 1 is 1.21 bits per heavy atom. The molecule has 3 N–H and O–H groups in total. The number of piperidine rings is 1. The first-order valence-electron chi connectivity index (χ1n) is 8.60. The molecule has 148 valence electrons. The van der Waals surface area contributed by atoms with Gasteiger partial charge < -0.3 is 24.6 Å². The minimum absolute atomic E-state index is 0.0415. The third-order valence-corrected chi connectivity index (χ3v) is 6.56. The molecule has 1 fully saturated rings. The zero-order valence-corrected chi connectivity index (χ0v) is 17.1. The third-order valence-electron chi connectivity index (χ3n) is 5.08. The van der Waals surface area contributed by atoms with E-state index in [1.807, 2.05) is 11.9 Å². The van der Waals surface area contributed by atoms with Crippen molar-refractivity contribution in [1.29, 1.82) is 0 Å². The van der Waals surface area contributed by atoms with Gasteiger partial charge in [0.25, 0.3) is 0 Å². The Bertz CT molecular complexity index is 1130. The number of likely N-dealkylation sites (tertiary alicyclic amines) is 1. The molecule has 9 heteroatoms. The Kier molecular flexibility index (Phi) is 5.05. The maximum atomic E-state index is 12.7. The Morgan fingerprint density at radius 2 is 1.96 bits per heavy atom. The number of phenols is 2. The minimum Gasteiger partial charge on any atom is -0.507 e. The highest BCUT2D eigenvalue weighted by Crippen LogP contribution is 2.44. The summed E-state index contributed by atoms with van der Waals surface area (Å²) in [6.07, 6.45) is -0.199. The number of aromatic hydroxyl groups is 2. The summed E-state index contributed by atoms with van der Waals surface area (Å²) < 4.78 is 6.76. The Balaban J connectivity index is 1.99. The number of phenolic OH excluding ortho intramolecular Hbond substituents is 2. The van der Waals surface area contributed by atoms with Crippen LogP contribution < -0.4 is 5.43 Å². The van der Waals surface area contributed by atoms with Gasteiger partial charge in [0.05, 0.1) is 10.4 Å². The number of aliphatic hydroxyl groups is 1. The maximum absolute atomic E-state index is 12.7. The molecule has 0 amide bonds. The van der Waals surface area contributed by atoms with E-state index < -0.39 is 17.5 Å². The number of halogens is 2. The van der Waals surface area contributed by atoms with E-state index in [2.05, 4.69) is 0 Å². The van der Waals surface area contributed by atoms with Crippen LogP contribution in [0.3, 0.4) is 0 Å². The van der Waals surface area contributed by atoms with Gasteiger partial charge in [0.15, 0.2) is 5.43 Å². The number of aliphatic hydroxyl groups excluding tert-OH is 1. The lowest BCUT2D eigenvalue weighted by atomic mass is 9.85. The standard InChI is InChI=1S/C19H17Cl2NO5S/c1-22-3-2-8(13(26)7-22)16-10(23)5-11(24)17-12(25)6-14(27-18(16)17)9-4-15(20)28-19(9)21/h4-6,8,13,23-24,26H,2-3,7H2,1H3/t8-,13+/m0/s1. The number of rotatable bonds is 2. The highest BCUT2D eigenvalue weighted by atomic mass is 35.5. The minimum atomic E-state index is -0.759. The molecule has 1 aliphatic rings. The first kappa shape index (κ1) is 19.5. The van der Waals surface area contributed by atoms with Gasteiger partial charge in [-0.2, -0.15) is 0 Å². The van der Waals surface area contributed by atoms with Gasteiger partial charge in [0.1, 0.15) is 32.6 Å². The molecule has 0 bridgehead atoms.